The number of carbonyl (C=O) groups excluding carboxylic acids is 2. The Bertz CT molecular complexity index is 1180. The molecule has 2 heterocycles. The van der Waals surface area contributed by atoms with Crippen molar-refractivity contribution in [2.24, 2.45) is 0 Å². The Labute approximate surface area is 167 Å². The fourth-order valence-electron chi connectivity index (χ4n) is 2.90. The number of para-hydroxylation sites is 2. The second kappa shape index (κ2) is 7.93. The summed E-state index contributed by atoms with van der Waals surface area (Å²) in [5.41, 5.74) is 2.94. The molecule has 0 spiro atoms. The van der Waals surface area contributed by atoms with Crippen LogP contribution in [0.1, 0.15) is 17.3 Å². The van der Waals surface area contributed by atoms with Crippen molar-refractivity contribution in [3.63, 3.8) is 0 Å². The van der Waals surface area contributed by atoms with E-state index in [-0.39, 0.29) is 18.3 Å². The van der Waals surface area contributed by atoms with Gasteiger partial charge in [-0.1, -0.05) is 24.3 Å². The van der Waals surface area contributed by atoms with Gasteiger partial charge >= 0.3 is 0 Å². The molecule has 29 heavy (non-hydrogen) atoms. The summed E-state index contributed by atoms with van der Waals surface area (Å²) in [7, 11) is 0. The molecule has 0 saturated carbocycles. The second-order valence-electron chi connectivity index (χ2n) is 6.43. The van der Waals surface area contributed by atoms with E-state index in [1.807, 2.05) is 28.8 Å². The third-order valence-electron chi connectivity index (χ3n) is 4.34. The number of pyridine rings is 1. The third-order valence-corrected chi connectivity index (χ3v) is 4.34. The molecular weight excluding hydrogens is 368 g/mol. The van der Waals surface area contributed by atoms with Crippen LogP contribution in [0.5, 0.6) is 5.75 Å². The zero-order chi connectivity index (χ0) is 20.2. The first-order valence-corrected chi connectivity index (χ1v) is 9.02. The Balaban J connectivity index is 1.39. The van der Waals surface area contributed by atoms with Gasteiger partial charge in [0, 0.05) is 5.56 Å². The summed E-state index contributed by atoms with van der Waals surface area (Å²) in [6.07, 6.45) is 3.30. The van der Waals surface area contributed by atoms with E-state index in [1.165, 1.54) is 6.92 Å². The molecule has 0 radical (unpaired) electrons. The van der Waals surface area contributed by atoms with Crippen LogP contribution in [-0.4, -0.2) is 32.8 Å². The number of imidazole rings is 1. The Morgan fingerprint density at radius 2 is 1.90 bits per heavy atom. The van der Waals surface area contributed by atoms with Crippen molar-refractivity contribution in [1.82, 2.24) is 14.5 Å². The number of benzene rings is 2. The number of rotatable bonds is 6. The first-order valence-electron chi connectivity index (χ1n) is 9.02. The van der Waals surface area contributed by atoms with Crippen molar-refractivity contribution in [2.45, 2.75) is 6.92 Å². The van der Waals surface area contributed by atoms with Gasteiger partial charge in [-0.05, 0) is 43.3 Å². The predicted molar refractivity (Wildman–Crippen MR) is 109 cm³/mol. The molecule has 7 heteroatoms. The van der Waals surface area contributed by atoms with Gasteiger partial charge in [-0.2, -0.15) is 0 Å². The summed E-state index contributed by atoms with van der Waals surface area (Å²) >= 11 is 0. The van der Waals surface area contributed by atoms with Gasteiger partial charge in [0.1, 0.15) is 17.9 Å². The predicted octanol–water partition coefficient (Wildman–Crippen LogP) is 3.64. The summed E-state index contributed by atoms with van der Waals surface area (Å²) in [6.45, 7) is 1.31. The molecule has 1 N–H and O–H groups in total. The number of nitrogens with one attached hydrogen (secondary N) is 1. The van der Waals surface area contributed by atoms with Crippen LogP contribution in [0.3, 0.4) is 0 Å². The maximum atomic E-state index is 12.1. The third kappa shape index (κ3) is 4.14. The maximum Gasteiger partial charge on any atom is 0.262 e. The van der Waals surface area contributed by atoms with Crippen LogP contribution in [0, 0.1) is 0 Å². The summed E-state index contributed by atoms with van der Waals surface area (Å²) in [4.78, 5) is 32.3. The van der Waals surface area contributed by atoms with Crippen molar-refractivity contribution in [3.8, 4) is 11.6 Å². The van der Waals surface area contributed by atoms with E-state index < -0.39 is 0 Å². The Hall–Kier alpha value is -4.00. The number of fused-ring (bicyclic) bond motifs is 1. The number of hydrogen-bond donors (Lipinski definition) is 1. The van der Waals surface area contributed by atoms with Gasteiger partial charge in [0.05, 0.1) is 22.9 Å². The van der Waals surface area contributed by atoms with E-state index >= 15 is 0 Å². The minimum atomic E-state index is -0.319. The highest BCUT2D eigenvalue weighted by Crippen LogP contribution is 2.18. The minimum absolute atomic E-state index is 0.0586. The number of ether oxygens (including phenoxy) is 1. The molecule has 7 nitrogen and oxygen atoms in total. The van der Waals surface area contributed by atoms with E-state index in [9.17, 15) is 9.59 Å². The van der Waals surface area contributed by atoms with Gasteiger partial charge in [0.25, 0.3) is 5.91 Å². The van der Waals surface area contributed by atoms with E-state index in [1.54, 1.807) is 48.9 Å². The van der Waals surface area contributed by atoms with Crippen LogP contribution >= 0.6 is 0 Å². The van der Waals surface area contributed by atoms with Crippen molar-refractivity contribution < 1.29 is 14.3 Å². The molecule has 144 valence electrons. The highest BCUT2D eigenvalue weighted by atomic mass is 16.5. The van der Waals surface area contributed by atoms with Crippen LogP contribution in [-0.2, 0) is 4.79 Å². The molecule has 0 saturated heterocycles. The molecule has 1 amide bonds. The highest BCUT2D eigenvalue weighted by Gasteiger charge is 2.08. The van der Waals surface area contributed by atoms with Gasteiger partial charge in [-0.15, -0.1) is 0 Å². The monoisotopic (exact) mass is 386 g/mol. The fourth-order valence-corrected chi connectivity index (χ4v) is 2.90. The average Bonchev–Trinajstić information content (AvgIpc) is 3.17. The maximum absolute atomic E-state index is 12.1. The summed E-state index contributed by atoms with van der Waals surface area (Å²) < 4.78 is 7.35. The lowest BCUT2D eigenvalue weighted by atomic mass is 10.1. The molecule has 2 aromatic heterocycles. The van der Waals surface area contributed by atoms with Gasteiger partial charge in [-0.3, -0.25) is 14.2 Å². The van der Waals surface area contributed by atoms with E-state index in [4.69, 9.17) is 4.74 Å². The number of carbonyl (C=O) groups is 2. The molecule has 4 rings (SSSR count). The topological polar surface area (TPSA) is 86.1 Å². The highest BCUT2D eigenvalue weighted by molar-refractivity contribution is 5.94. The molecule has 4 aromatic rings. The van der Waals surface area contributed by atoms with Crippen LogP contribution in [0.4, 0.5) is 5.69 Å². The van der Waals surface area contributed by atoms with Crippen LogP contribution in [0.25, 0.3) is 16.9 Å². The second-order valence-corrected chi connectivity index (χ2v) is 6.43. The standard InChI is InChI=1S/C22H18N4O3/c1-15(27)16-5-4-6-18(11-16)29-13-22(28)25-17-9-10-21(23-12-17)26-14-24-19-7-2-3-8-20(19)26/h2-12,14H,13H2,1H3,(H,25,28). The number of nitrogens with zero attached hydrogens (tertiary/aromatic N) is 3. The summed E-state index contributed by atoms with van der Waals surface area (Å²) in [6, 6.07) is 18.1. The molecule has 0 bridgehead atoms. The van der Waals surface area contributed by atoms with Crippen molar-refractivity contribution in [3.05, 3.63) is 78.8 Å². The number of Topliss-reactive ketones (excluding diaryl/α,β-unsaturated/α-hetero) is 1. The van der Waals surface area contributed by atoms with E-state index in [0.29, 0.717) is 22.8 Å². The lowest BCUT2D eigenvalue weighted by Gasteiger charge is -2.09. The SMILES string of the molecule is CC(=O)c1cccc(OCC(=O)Nc2ccc(-n3cnc4ccccc43)nc2)c1. The van der Waals surface area contributed by atoms with Gasteiger partial charge < -0.3 is 10.1 Å². The molecule has 0 atom stereocenters. The Morgan fingerprint density at radius 1 is 1.03 bits per heavy atom. The zero-order valence-corrected chi connectivity index (χ0v) is 15.7. The number of ketones is 1. The fraction of sp³-hybridized carbons (Fsp3) is 0.0909. The number of aromatic nitrogens is 3. The minimum Gasteiger partial charge on any atom is -0.484 e. The van der Waals surface area contributed by atoms with Gasteiger partial charge in [0.2, 0.25) is 0 Å². The molecule has 0 aliphatic rings. The largest absolute Gasteiger partial charge is 0.484 e. The number of anilines is 1. The van der Waals surface area contributed by atoms with Crippen molar-refractivity contribution >= 4 is 28.4 Å². The molecule has 0 aliphatic heterocycles. The summed E-state index contributed by atoms with van der Waals surface area (Å²) in [5, 5.41) is 2.74. The van der Waals surface area contributed by atoms with E-state index in [0.717, 1.165) is 11.0 Å². The lowest BCUT2D eigenvalue weighted by Crippen LogP contribution is -2.20. The summed E-state index contributed by atoms with van der Waals surface area (Å²) in [5.74, 6) is 0.792. The Morgan fingerprint density at radius 3 is 2.69 bits per heavy atom. The van der Waals surface area contributed by atoms with Gasteiger partial charge in [-0.25, -0.2) is 9.97 Å². The van der Waals surface area contributed by atoms with Gasteiger partial charge in [0.15, 0.2) is 12.4 Å². The van der Waals surface area contributed by atoms with Crippen molar-refractivity contribution in [2.75, 3.05) is 11.9 Å². The molecule has 0 fully saturated rings. The lowest BCUT2D eigenvalue weighted by molar-refractivity contribution is -0.118. The van der Waals surface area contributed by atoms with E-state index in [2.05, 4.69) is 15.3 Å². The van der Waals surface area contributed by atoms with Crippen molar-refractivity contribution in [1.29, 1.82) is 0 Å². The first-order chi connectivity index (χ1) is 14.1. The normalized spacial score (nSPS) is 10.7. The van der Waals surface area contributed by atoms with Crippen LogP contribution in [0.2, 0.25) is 0 Å². The average molecular weight is 386 g/mol. The quantitative estimate of drug-likeness (QED) is 0.511. The molecule has 2 aromatic carbocycles. The smallest absolute Gasteiger partial charge is 0.262 e. The zero-order valence-electron chi connectivity index (χ0n) is 15.7. The number of hydrogen-bond acceptors (Lipinski definition) is 5. The molecular formula is C22H18N4O3. The first kappa shape index (κ1) is 18.4. The molecule has 0 aliphatic carbocycles. The van der Waals surface area contributed by atoms with Crippen LogP contribution < -0.4 is 10.1 Å². The Kier molecular flexibility index (Phi) is 5.03. The van der Waals surface area contributed by atoms with Crippen LogP contribution in [0.15, 0.2) is 73.2 Å². The number of amides is 1. The molecule has 0 unspecified atom stereocenters.